The molecule has 0 aliphatic heterocycles. The Labute approximate surface area is 99.2 Å². The van der Waals surface area contributed by atoms with Gasteiger partial charge in [-0.15, -0.1) is 0 Å². The third-order valence-corrected chi connectivity index (χ3v) is 2.98. The van der Waals surface area contributed by atoms with E-state index < -0.39 is 10.1 Å². The third kappa shape index (κ3) is 2.94. The lowest BCUT2D eigenvalue weighted by atomic mass is 10.1. The zero-order chi connectivity index (χ0) is 13.1. The van der Waals surface area contributed by atoms with E-state index in [2.05, 4.69) is 5.73 Å². The second kappa shape index (κ2) is 5.13. The predicted octanol–water partition coefficient (Wildman–Crippen LogP) is 1.37. The Kier molecular flexibility index (Phi) is 4.06. The van der Waals surface area contributed by atoms with E-state index >= 15 is 0 Å². The molecule has 0 unspecified atom stereocenters. The summed E-state index contributed by atoms with van der Waals surface area (Å²) in [5.74, 6) is -0.0157. The molecule has 2 rings (SSSR count). The zero-order valence-corrected chi connectivity index (χ0v) is 9.98. The van der Waals surface area contributed by atoms with Crippen molar-refractivity contribution >= 4 is 20.9 Å². The number of rotatable bonds is 1. The molecule has 17 heavy (non-hydrogen) atoms. The number of phenols is 1. The second-order valence-electron chi connectivity index (χ2n) is 3.14. The van der Waals surface area contributed by atoms with Gasteiger partial charge in [-0.2, -0.15) is 8.42 Å². The van der Waals surface area contributed by atoms with E-state index in [1.807, 2.05) is 0 Å². The van der Waals surface area contributed by atoms with Crippen molar-refractivity contribution < 1.29 is 18.1 Å². The van der Waals surface area contributed by atoms with Crippen LogP contribution in [0.25, 0.3) is 10.8 Å². The molecule has 0 atom stereocenters. The highest BCUT2D eigenvalue weighted by Gasteiger charge is 2.10. The van der Waals surface area contributed by atoms with Gasteiger partial charge in [-0.1, -0.05) is 18.2 Å². The van der Waals surface area contributed by atoms with Crippen molar-refractivity contribution in [2.75, 3.05) is 7.05 Å². The molecule has 92 valence electrons. The van der Waals surface area contributed by atoms with Crippen LogP contribution in [0.2, 0.25) is 0 Å². The summed E-state index contributed by atoms with van der Waals surface area (Å²) in [6.45, 7) is 0. The summed E-state index contributed by atoms with van der Waals surface area (Å²) >= 11 is 0. The lowest BCUT2D eigenvalue weighted by Crippen LogP contribution is -1.97. The Morgan fingerprint density at radius 2 is 1.76 bits per heavy atom. The average molecular weight is 255 g/mol. The molecule has 0 aliphatic carbocycles. The number of fused-ring (bicyclic) bond motifs is 1. The summed E-state index contributed by atoms with van der Waals surface area (Å²) < 4.78 is 30.6. The van der Waals surface area contributed by atoms with Gasteiger partial charge >= 0.3 is 0 Å². The number of phenolic OH excluding ortho intramolecular Hbond substituents is 1. The van der Waals surface area contributed by atoms with E-state index in [0.717, 1.165) is 0 Å². The Morgan fingerprint density at radius 1 is 1.12 bits per heavy atom. The van der Waals surface area contributed by atoms with Crippen molar-refractivity contribution in [3.05, 3.63) is 36.4 Å². The van der Waals surface area contributed by atoms with Crippen LogP contribution in [-0.2, 0) is 10.1 Å². The Morgan fingerprint density at radius 3 is 2.35 bits per heavy atom. The van der Waals surface area contributed by atoms with Crippen LogP contribution in [0.15, 0.2) is 41.3 Å². The molecule has 0 spiro atoms. The SMILES string of the molecule is CN.O=S(=O)(O)c1ccc2cccc(O)c2c1. The van der Waals surface area contributed by atoms with E-state index in [0.29, 0.717) is 10.8 Å². The van der Waals surface area contributed by atoms with Gasteiger partial charge in [-0.25, -0.2) is 0 Å². The van der Waals surface area contributed by atoms with E-state index in [4.69, 9.17) is 4.55 Å². The fourth-order valence-electron chi connectivity index (χ4n) is 1.40. The molecule has 2 aromatic rings. The molecule has 2 aromatic carbocycles. The maximum absolute atomic E-state index is 10.9. The van der Waals surface area contributed by atoms with E-state index in [9.17, 15) is 13.5 Å². The largest absolute Gasteiger partial charge is 0.507 e. The molecule has 0 bridgehead atoms. The molecule has 0 amide bonds. The van der Waals surface area contributed by atoms with Crippen LogP contribution >= 0.6 is 0 Å². The fourth-order valence-corrected chi connectivity index (χ4v) is 1.90. The standard InChI is InChI=1S/C10H8O4S.CH5N/c11-10-3-1-2-7-4-5-8(6-9(7)10)15(12,13)14;1-2/h1-6,11H,(H,12,13,14);2H2,1H3. The van der Waals surface area contributed by atoms with Crippen LogP contribution in [0.5, 0.6) is 5.75 Å². The number of nitrogens with two attached hydrogens (primary N) is 1. The van der Waals surface area contributed by atoms with Crippen molar-refractivity contribution in [2.24, 2.45) is 5.73 Å². The van der Waals surface area contributed by atoms with Crippen LogP contribution in [-0.4, -0.2) is 25.1 Å². The maximum atomic E-state index is 10.9. The summed E-state index contributed by atoms with van der Waals surface area (Å²) in [4.78, 5) is -0.225. The summed E-state index contributed by atoms with van der Waals surface area (Å²) in [7, 11) is -2.72. The van der Waals surface area contributed by atoms with E-state index in [1.54, 1.807) is 12.1 Å². The fraction of sp³-hybridized carbons (Fsp3) is 0.0909. The van der Waals surface area contributed by atoms with Crippen molar-refractivity contribution in [1.29, 1.82) is 0 Å². The summed E-state index contributed by atoms with van der Waals surface area (Å²) in [6.07, 6.45) is 0. The first-order valence-corrected chi connectivity index (χ1v) is 6.19. The third-order valence-electron chi connectivity index (χ3n) is 2.13. The number of benzene rings is 2. The molecule has 6 heteroatoms. The van der Waals surface area contributed by atoms with Crippen molar-refractivity contribution in [2.45, 2.75) is 4.90 Å². The van der Waals surface area contributed by atoms with Crippen LogP contribution in [0.3, 0.4) is 0 Å². The van der Waals surface area contributed by atoms with Crippen molar-refractivity contribution in [1.82, 2.24) is 0 Å². The molecule has 0 radical (unpaired) electrons. The molecule has 0 saturated carbocycles. The lowest BCUT2D eigenvalue weighted by molar-refractivity contribution is 0.481. The molecule has 5 nitrogen and oxygen atoms in total. The first-order chi connectivity index (χ1) is 7.98. The number of hydrogen-bond donors (Lipinski definition) is 3. The minimum absolute atomic E-state index is 0.0157. The quantitative estimate of drug-likeness (QED) is 0.668. The molecular weight excluding hydrogens is 242 g/mol. The van der Waals surface area contributed by atoms with Gasteiger partial charge in [-0.05, 0) is 30.6 Å². The molecule has 0 aromatic heterocycles. The molecular formula is C11H13NO4S. The highest BCUT2D eigenvalue weighted by atomic mass is 32.2. The Bertz CT molecular complexity index is 622. The van der Waals surface area contributed by atoms with Gasteiger partial charge < -0.3 is 10.8 Å². The van der Waals surface area contributed by atoms with E-state index in [-0.39, 0.29) is 10.6 Å². The second-order valence-corrected chi connectivity index (χ2v) is 4.56. The molecule has 0 heterocycles. The maximum Gasteiger partial charge on any atom is 0.294 e. The monoisotopic (exact) mass is 255 g/mol. The van der Waals surface area contributed by atoms with Crippen LogP contribution in [0.1, 0.15) is 0 Å². The first kappa shape index (κ1) is 13.4. The molecule has 0 saturated heterocycles. The van der Waals surface area contributed by atoms with Gasteiger partial charge in [0.15, 0.2) is 0 Å². The normalized spacial score (nSPS) is 10.8. The van der Waals surface area contributed by atoms with Crippen molar-refractivity contribution in [3.8, 4) is 5.75 Å². The zero-order valence-electron chi connectivity index (χ0n) is 9.16. The van der Waals surface area contributed by atoms with Gasteiger partial charge in [0.25, 0.3) is 10.1 Å². The number of aromatic hydroxyl groups is 1. The average Bonchev–Trinajstić information content (AvgIpc) is 2.30. The van der Waals surface area contributed by atoms with Gasteiger partial charge in [0.1, 0.15) is 5.75 Å². The number of hydrogen-bond acceptors (Lipinski definition) is 4. The Balaban J connectivity index is 0.000000686. The predicted molar refractivity (Wildman–Crippen MR) is 65.5 cm³/mol. The lowest BCUT2D eigenvalue weighted by Gasteiger charge is -2.02. The van der Waals surface area contributed by atoms with Crippen LogP contribution in [0.4, 0.5) is 0 Å². The van der Waals surface area contributed by atoms with Crippen molar-refractivity contribution in [3.63, 3.8) is 0 Å². The van der Waals surface area contributed by atoms with Gasteiger partial charge in [-0.3, -0.25) is 4.55 Å². The topological polar surface area (TPSA) is 101 Å². The molecule has 0 aliphatic rings. The smallest absolute Gasteiger partial charge is 0.294 e. The molecule has 4 N–H and O–H groups in total. The van der Waals surface area contributed by atoms with Crippen LogP contribution < -0.4 is 5.73 Å². The summed E-state index contributed by atoms with van der Waals surface area (Å²) in [6, 6.07) is 8.90. The van der Waals surface area contributed by atoms with Gasteiger partial charge in [0.2, 0.25) is 0 Å². The summed E-state index contributed by atoms with van der Waals surface area (Å²) in [5, 5.41) is 10.6. The first-order valence-electron chi connectivity index (χ1n) is 4.75. The molecule has 0 fully saturated rings. The van der Waals surface area contributed by atoms with Crippen LogP contribution in [0, 0.1) is 0 Å². The highest BCUT2D eigenvalue weighted by molar-refractivity contribution is 7.85. The summed E-state index contributed by atoms with van der Waals surface area (Å²) in [5.41, 5.74) is 4.50. The minimum Gasteiger partial charge on any atom is -0.507 e. The van der Waals surface area contributed by atoms with E-state index in [1.165, 1.54) is 31.3 Å². The van der Waals surface area contributed by atoms with Gasteiger partial charge in [0.05, 0.1) is 4.90 Å². The minimum atomic E-state index is -4.22. The van der Waals surface area contributed by atoms with Gasteiger partial charge in [0, 0.05) is 5.39 Å². The highest BCUT2D eigenvalue weighted by Crippen LogP contribution is 2.26. The Hall–Kier alpha value is -1.63.